The van der Waals surface area contributed by atoms with Crippen LogP contribution < -0.4 is 26.3 Å². The van der Waals surface area contributed by atoms with E-state index in [0.717, 1.165) is 6.07 Å². The van der Waals surface area contributed by atoms with Crippen molar-refractivity contribution in [3.63, 3.8) is 0 Å². The maximum absolute atomic E-state index is 13.9. The first-order chi connectivity index (χ1) is 53.4. The number of nitrogen functional groups attached to an aromatic ring is 2. The molecule has 8 rings (SSSR count). The summed E-state index contributed by atoms with van der Waals surface area (Å²) in [4.78, 5) is 77.2. The van der Waals surface area contributed by atoms with E-state index >= 15 is 0 Å². The molecule has 5 aromatic rings. The van der Waals surface area contributed by atoms with Crippen molar-refractivity contribution in [1.82, 2.24) is 14.3 Å². The number of aromatic nitrogens is 2. The monoisotopic (exact) mass is 1690 g/mol. The number of benzene rings is 4. The first-order valence-electron chi connectivity index (χ1n) is 34.5. The van der Waals surface area contributed by atoms with Gasteiger partial charge >= 0.3 is 29.4 Å². The minimum atomic E-state index is -5.81. The van der Waals surface area contributed by atoms with Gasteiger partial charge in [-0.25, -0.2) is 36.6 Å². The van der Waals surface area contributed by atoms with Gasteiger partial charge in [0.25, 0.3) is 15.8 Å². The number of Topliss-reactive ketones (excluding diaryl/α,β-unsaturated/α-hetero) is 1. The summed E-state index contributed by atoms with van der Waals surface area (Å²) in [5, 5.41) is 41.7. The Morgan fingerprint density at radius 2 is 1.37 bits per heavy atom. The Hall–Kier alpha value is -7.67. The molecule has 40 nitrogen and oxygen atoms in total. The Morgan fingerprint density at radius 1 is 0.779 bits per heavy atom. The number of phosphoric acid groups is 3. The second kappa shape index (κ2) is 41.3. The van der Waals surface area contributed by atoms with Crippen molar-refractivity contribution >= 4 is 94.4 Å². The quantitative estimate of drug-likeness (QED) is 0.00281. The molecule has 45 heteroatoms. The zero-order valence-electron chi connectivity index (χ0n) is 61.5. The van der Waals surface area contributed by atoms with Crippen molar-refractivity contribution < 1.29 is 149 Å². The van der Waals surface area contributed by atoms with Gasteiger partial charge in [-0.1, -0.05) is 50.8 Å². The molecule has 113 heavy (non-hydrogen) atoms. The van der Waals surface area contributed by atoms with Gasteiger partial charge in [-0.15, -0.1) is 0 Å². The highest BCUT2D eigenvalue weighted by atomic mass is 32.2. The number of hydrogen-bond donors (Lipinski definition) is 11. The summed E-state index contributed by atoms with van der Waals surface area (Å²) in [6, 6.07) is 15.0. The number of nitrogens with zero attached hydrogens (tertiary/aromatic N) is 3. The molecule has 2 unspecified atom stereocenters. The number of ether oxygens (including phenoxy) is 11. The van der Waals surface area contributed by atoms with E-state index in [2.05, 4.69) is 30.2 Å². The van der Waals surface area contributed by atoms with Crippen LogP contribution in [-0.4, -0.2) is 216 Å². The standard InChI is InChI=1S/C68H88N7O33P3S2/c1-68(2,3)65(103-41-44-40-74(66-59(44)51(69)17-19-72-66)58-39-55(77)57(105-58)42-104-110(85,86)108-111(87,88)107-109(82,83)84)50-38-56(94-4)43(37-54(50)75(80)81)9-5-6-10-45(76)18-21-95-23-25-97-27-29-99-31-33-101-35-36-102-34-32-100-30-28-98-26-24-96-22-20-73-112(89,90)63-52(70)15-13-48-60(46-11-7-8-12-47(46)67(78)79)49-14-16-53(71)64(113(91,92)93)62(49)106-61(48)63/h7-8,11-17,19,37-38,40,55,57-58,65,71,73,77H,6,10,18,20-36,39,41-42,70H2,1-4H3,(H2,69,72)(H,78,79)(H,85,86)(H,87,88)(H2,82,83,84)(H,91,92,93)/t55-,57-,58-,65-/m1/s1. The number of aliphatic hydroxyl groups excluding tert-OH is 1. The van der Waals surface area contributed by atoms with E-state index in [4.69, 9.17) is 87.7 Å². The number of aromatic carboxylic acids is 1. The molecule has 620 valence electrons. The number of fused-ring (bicyclic) bond motifs is 3. The maximum atomic E-state index is 13.9. The molecule has 0 spiro atoms. The van der Waals surface area contributed by atoms with Crippen LogP contribution in [0.15, 0.2) is 93.3 Å². The van der Waals surface area contributed by atoms with Crippen LogP contribution in [0, 0.1) is 32.8 Å². The van der Waals surface area contributed by atoms with Gasteiger partial charge in [-0.2, -0.15) is 17.0 Å². The zero-order valence-corrected chi connectivity index (χ0v) is 65.8. The number of phosphoric ester groups is 1. The molecule has 2 aromatic heterocycles. The number of aliphatic hydroxyl groups is 1. The van der Waals surface area contributed by atoms with Crippen LogP contribution in [0.4, 0.5) is 17.1 Å². The van der Waals surface area contributed by atoms with Gasteiger partial charge in [0, 0.05) is 83.8 Å². The lowest BCUT2D eigenvalue weighted by Crippen LogP contribution is -2.29. The Labute approximate surface area is 647 Å². The van der Waals surface area contributed by atoms with Gasteiger partial charge in [-0.3, -0.25) is 29.4 Å². The molecule has 1 aliphatic carbocycles. The Kier molecular flexibility index (Phi) is 33.2. The number of nitro benzene ring substituents is 1. The first-order valence-corrected chi connectivity index (χ1v) is 42.0. The van der Waals surface area contributed by atoms with Gasteiger partial charge in [0.2, 0.25) is 10.0 Å². The van der Waals surface area contributed by atoms with Crippen LogP contribution in [0.25, 0.3) is 44.5 Å². The molecular formula is C68H88N7O33P3S2. The van der Waals surface area contributed by atoms with Gasteiger partial charge in [-0.05, 0) is 53.4 Å². The van der Waals surface area contributed by atoms with Crippen LogP contribution in [0.2, 0.25) is 0 Å². The number of sulfonamides is 1. The fraction of sp³-hybridized carbons (Fsp3) is 0.471. The summed E-state index contributed by atoms with van der Waals surface area (Å²) in [5.41, 5.74) is 11.9. The SMILES string of the molecule is COc1cc([C@@H](OCc2cn([C@H]3C[C@@H](O)[C@@H](COP(=O)(O)OP(=O)(O)OP(=O)(O)O)O3)c3nccc(N)c23)C(C)(C)C)c([N+](=O)[O-])cc1C#CCCC(=O)CCOCCOCCOCCOCCOCCOCCOCCOCCNS(=O)(=O)c1c(N)ccc2c(-c3ccccc3C(=O)O)c3ccc(=N)c(S(=O)(=O)O)c-3oc12. The largest absolute Gasteiger partial charge is 0.495 e. The number of anilines is 2. The van der Waals surface area contributed by atoms with Gasteiger partial charge in [0.1, 0.15) is 34.4 Å². The lowest BCUT2D eigenvalue weighted by atomic mass is 9.83. The summed E-state index contributed by atoms with van der Waals surface area (Å²) in [7, 11) is -25.3. The molecule has 1 fully saturated rings. The third kappa shape index (κ3) is 26.2. The van der Waals surface area contributed by atoms with Crippen molar-refractivity contribution in [2.24, 2.45) is 5.41 Å². The van der Waals surface area contributed by atoms with E-state index in [1.54, 1.807) is 6.20 Å². The zero-order chi connectivity index (χ0) is 82.5. The lowest BCUT2D eigenvalue weighted by Gasteiger charge is -2.31. The number of carboxylic acids is 1. The van der Waals surface area contributed by atoms with E-state index in [0.29, 0.717) is 63.8 Å². The van der Waals surface area contributed by atoms with Crippen LogP contribution in [0.3, 0.4) is 0 Å². The number of pyridine rings is 1. The number of carbonyl (C=O) groups excluding carboxylic acids is 1. The minimum Gasteiger partial charge on any atom is -0.495 e. The van der Waals surface area contributed by atoms with Crippen molar-refractivity contribution in [1.29, 1.82) is 5.41 Å². The van der Waals surface area contributed by atoms with Crippen LogP contribution in [-0.2, 0) is 106 Å². The molecular weight excluding hydrogens is 1600 g/mol. The predicted molar refractivity (Wildman–Crippen MR) is 398 cm³/mol. The average Bonchev–Trinajstić information content (AvgIpc) is 1.43. The number of nitrogens with one attached hydrogen (secondary N) is 2. The lowest BCUT2D eigenvalue weighted by molar-refractivity contribution is -0.386. The molecule has 0 saturated carbocycles. The third-order valence-corrected chi connectivity index (χ3v) is 22.8. The molecule has 0 amide bonds. The van der Waals surface area contributed by atoms with Crippen molar-refractivity contribution in [3.8, 4) is 40.0 Å². The van der Waals surface area contributed by atoms with Crippen molar-refractivity contribution in [2.45, 2.75) is 87.4 Å². The number of rotatable bonds is 48. The number of hydrogen-bond acceptors (Lipinski definition) is 31. The molecule has 2 aliphatic heterocycles. The van der Waals surface area contributed by atoms with E-state index in [-0.39, 0.29) is 165 Å². The summed E-state index contributed by atoms with van der Waals surface area (Å²) >= 11 is 0. The van der Waals surface area contributed by atoms with Crippen LogP contribution in [0.5, 0.6) is 5.75 Å². The highest BCUT2D eigenvalue weighted by molar-refractivity contribution is 7.90. The highest BCUT2D eigenvalue weighted by Gasteiger charge is 2.44. The average molecular weight is 1690 g/mol. The Balaban J connectivity index is 0.647. The smallest absolute Gasteiger partial charge is 0.490 e. The summed E-state index contributed by atoms with van der Waals surface area (Å²) in [6.07, 6.45) is -1.59. The van der Waals surface area contributed by atoms with E-state index in [1.807, 2.05) is 20.8 Å². The number of carboxylic acid groups (broad SMARTS) is 1. The number of nitrogens with two attached hydrogens (primary N) is 2. The van der Waals surface area contributed by atoms with Crippen molar-refractivity contribution in [2.75, 3.05) is 137 Å². The molecule has 0 radical (unpaired) electrons. The number of carbonyl (C=O) groups is 2. The van der Waals surface area contributed by atoms with Crippen LogP contribution in [0.1, 0.15) is 85.8 Å². The predicted octanol–water partition coefficient (Wildman–Crippen LogP) is 6.56. The van der Waals surface area contributed by atoms with E-state index in [1.165, 1.54) is 78.5 Å². The van der Waals surface area contributed by atoms with E-state index in [9.17, 15) is 74.8 Å². The van der Waals surface area contributed by atoms with E-state index < -0.39 is 118 Å². The molecule has 4 heterocycles. The van der Waals surface area contributed by atoms with Gasteiger partial charge in [0.15, 0.2) is 16.2 Å². The summed E-state index contributed by atoms with van der Waals surface area (Å²) < 4.78 is 183. The Morgan fingerprint density at radius 3 is 1.94 bits per heavy atom. The number of methoxy groups -OCH3 is 1. The second-order valence-electron chi connectivity index (χ2n) is 25.8. The second-order valence-corrected chi connectivity index (χ2v) is 33.3. The van der Waals surface area contributed by atoms with Crippen molar-refractivity contribution in [3.05, 3.63) is 117 Å². The minimum absolute atomic E-state index is 0.0337. The molecule has 0 bridgehead atoms. The molecule has 3 aliphatic rings. The summed E-state index contributed by atoms with van der Waals surface area (Å²) in [6.45, 7) is 7.88. The molecule has 6 atom stereocenters. The third-order valence-electron chi connectivity index (χ3n) is 16.5. The normalized spacial score (nSPS) is 16.3. The fourth-order valence-electron chi connectivity index (χ4n) is 11.6. The summed E-state index contributed by atoms with van der Waals surface area (Å²) in [5.74, 6) is 3.94. The fourth-order valence-corrected chi connectivity index (χ4v) is 16.7. The van der Waals surface area contributed by atoms with Crippen LogP contribution >= 0.6 is 23.5 Å². The molecule has 13 N–H and O–H groups in total. The topological polar surface area (TPSA) is 586 Å². The van der Waals surface area contributed by atoms with Gasteiger partial charge < -0.3 is 102 Å². The maximum Gasteiger partial charge on any atom is 0.490 e. The molecule has 3 aromatic carbocycles. The molecule has 1 saturated heterocycles. The first kappa shape index (κ1) is 90.9. The number of ketones is 1. The Bertz CT molecular complexity index is 4970. The highest BCUT2D eigenvalue weighted by Crippen LogP contribution is 2.66. The number of nitro groups is 1. The van der Waals surface area contributed by atoms with Gasteiger partial charge in [0.05, 0.1) is 171 Å².